The molecule has 7 nitrogen and oxygen atoms in total. The van der Waals surface area contributed by atoms with E-state index >= 15 is 0 Å². The molecule has 2 aromatic carbocycles. The van der Waals surface area contributed by atoms with Crippen molar-refractivity contribution in [3.63, 3.8) is 0 Å². The van der Waals surface area contributed by atoms with Crippen LogP contribution in [-0.2, 0) is 10.0 Å². The maximum Gasteiger partial charge on any atom is 0.251 e. The Morgan fingerprint density at radius 2 is 1.69 bits per heavy atom. The fourth-order valence-electron chi connectivity index (χ4n) is 2.63. The predicted molar refractivity (Wildman–Crippen MR) is 96.0 cm³/mol. The van der Waals surface area contributed by atoms with Crippen molar-refractivity contribution >= 4 is 15.9 Å². The van der Waals surface area contributed by atoms with Crippen LogP contribution in [-0.4, -0.2) is 34.6 Å². The highest BCUT2D eigenvalue weighted by molar-refractivity contribution is 7.89. The summed E-state index contributed by atoms with van der Waals surface area (Å²) >= 11 is 0. The molecule has 0 radical (unpaired) electrons. The van der Waals surface area contributed by atoms with Gasteiger partial charge < -0.3 is 14.8 Å². The lowest BCUT2D eigenvalue weighted by molar-refractivity contribution is 0.0963. The lowest BCUT2D eigenvalue weighted by Crippen LogP contribution is -2.27. The highest BCUT2D eigenvalue weighted by atomic mass is 32.2. The number of hydrogen-bond donors (Lipinski definition) is 2. The van der Waals surface area contributed by atoms with Crippen molar-refractivity contribution in [3.05, 3.63) is 53.6 Å². The fraction of sp³-hybridized carbons (Fsp3) is 0.278. The van der Waals surface area contributed by atoms with Gasteiger partial charge in [0.2, 0.25) is 10.0 Å². The van der Waals surface area contributed by atoms with Crippen LogP contribution in [0.5, 0.6) is 11.5 Å². The average molecular weight is 376 g/mol. The van der Waals surface area contributed by atoms with E-state index in [-0.39, 0.29) is 10.8 Å². The summed E-state index contributed by atoms with van der Waals surface area (Å²) < 4.78 is 38.8. The molecule has 1 heterocycles. The largest absolute Gasteiger partial charge is 0.486 e. The quantitative estimate of drug-likeness (QED) is 0.831. The number of benzene rings is 2. The monoisotopic (exact) mass is 376 g/mol. The van der Waals surface area contributed by atoms with Crippen molar-refractivity contribution in [1.29, 1.82) is 0 Å². The molecule has 8 heteroatoms. The third kappa shape index (κ3) is 3.81. The van der Waals surface area contributed by atoms with Crippen molar-refractivity contribution in [2.75, 3.05) is 20.3 Å². The highest BCUT2D eigenvalue weighted by Crippen LogP contribution is 2.32. The van der Waals surface area contributed by atoms with E-state index in [4.69, 9.17) is 9.47 Å². The van der Waals surface area contributed by atoms with Gasteiger partial charge in [-0.05, 0) is 48.9 Å². The summed E-state index contributed by atoms with van der Waals surface area (Å²) in [5.41, 5.74) is 1.16. The Labute approximate surface area is 152 Å². The molecule has 1 amide bonds. The van der Waals surface area contributed by atoms with E-state index in [1.54, 1.807) is 25.1 Å². The molecule has 0 saturated heterocycles. The van der Waals surface area contributed by atoms with Gasteiger partial charge in [-0.2, -0.15) is 0 Å². The number of nitrogens with one attached hydrogen (secondary N) is 2. The summed E-state index contributed by atoms with van der Waals surface area (Å²) in [6.45, 7) is 2.72. The van der Waals surface area contributed by atoms with Gasteiger partial charge in [-0.1, -0.05) is 6.07 Å². The first-order valence-electron chi connectivity index (χ1n) is 8.15. The Balaban J connectivity index is 1.77. The Hall–Kier alpha value is -2.58. The normalized spacial score (nSPS) is 14.5. The molecular weight excluding hydrogens is 356 g/mol. The van der Waals surface area contributed by atoms with Crippen LogP contribution >= 0.6 is 0 Å². The molecule has 1 aliphatic rings. The number of sulfonamides is 1. The summed E-state index contributed by atoms with van der Waals surface area (Å²) in [5.74, 6) is 0.987. The zero-order valence-electron chi connectivity index (χ0n) is 14.5. The molecule has 1 aliphatic heterocycles. The Bertz CT molecular complexity index is 910. The molecule has 0 spiro atoms. The van der Waals surface area contributed by atoms with Crippen LogP contribution in [0.1, 0.15) is 28.9 Å². The second-order valence-electron chi connectivity index (χ2n) is 5.85. The minimum Gasteiger partial charge on any atom is -0.486 e. The van der Waals surface area contributed by atoms with Gasteiger partial charge in [-0.15, -0.1) is 0 Å². The second-order valence-corrected chi connectivity index (χ2v) is 7.56. The molecule has 0 aromatic heterocycles. The van der Waals surface area contributed by atoms with Crippen LogP contribution < -0.4 is 19.5 Å². The van der Waals surface area contributed by atoms with Crippen LogP contribution in [0.25, 0.3) is 0 Å². The van der Waals surface area contributed by atoms with Crippen LogP contribution in [0.4, 0.5) is 0 Å². The van der Waals surface area contributed by atoms with Crippen molar-refractivity contribution in [1.82, 2.24) is 10.0 Å². The van der Waals surface area contributed by atoms with Gasteiger partial charge >= 0.3 is 0 Å². The van der Waals surface area contributed by atoms with Gasteiger partial charge in [0.15, 0.2) is 11.5 Å². The number of rotatable bonds is 5. The fourth-order valence-corrected chi connectivity index (χ4v) is 3.86. The van der Waals surface area contributed by atoms with Crippen molar-refractivity contribution < 1.29 is 22.7 Å². The van der Waals surface area contributed by atoms with E-state index in [9.17, 15) is 13.2 Å². The second kappa shape index (κ2) is 7.35. The van der Waals surface area contributed by atoms with Gasteiger partial charge in [-0.3, -0.25) is 4.79 Å². The molecule has 0 bridgehead atoms. The number of carbonyl (C=O) groups excluding carboxylic acids is 1. The lowest BCUT2D eigenvalue weighted by Gasteiger charge is -2.21. The summed E-state index contributed by atoms with van der Waals surface area (Å²) in [5, 5.41) is 2.49. The lowest BCUT2D eigenvalue weighted by atomic mass is 10.1. The maximum absolute atomic E-state index is 12.6. The number of fused-ring (bicyclic) bond motifs is 1. The number of carbonyl (C=O) groups is 1. The van der Waals surface area contributed by atoms with Crippen molar-refractivity contribution in [2.24, 2.45) is 0 Å². The topological polar surface area (TPSA) is 93.7 Å². The molecule has 2 aromatic rings. The molecule has 3 rings (SSSR count). The van der Waals surface area contributed by atoms with E-state index in [1.807, 2.05) is 0 Å². The summed E-state index contributed by atoms with van der Waals surface area (Å²) in [7, 11) is -2.21. The van der Waals surface area contributed by atoms with Gasteiger partial charge in [0.1, 0.15) is 13.2 Å². The molecule has 138 valence electrons. The Morgan fingerprint density at radius 1 is 1.04 bits per heavy atom. The minimum atomic E-state index is -3.73. The molecule has 1 unspecified atom stereocenters. The minimum absolute atomic E-state index is 0.0922. The molecule has 0 saturated carbocycles. The van der Waals surface area contributed by atoms with E-state index in [2.05, 4.69) is 10.0 Å². The first-order valence-corrected chi connectivity index (χ1v) is 9.63. The van der Waals surface area contributed by atoms with Crippen LogP contribution in [0, 0.1) is 0 Å². The number of hydrogen-bond acceptors (Lipinski definition) is 5. The predicted octanol–water partition coefficient (Wildman–Crippen LogP) is 1.86. The molecular formula is C18H20N2O5S. The molecule has 1 atom stereocenters. The zero-order valence-corrected chi connectivity index (χ0v) is 15.3. The number of amides is 1. The van der Waals surface area contributed by atoms with Gasteiger partial charge in [0, 0.05) is 18.7 Å². The number of ether oxygens (including phenoxy) is 2. The molecule has 0 fully saturated rings. The highest BCUT2D eigenvalue weighted by Gasteiger charge is 2.21. The van der Waals surface area contributed by atoms with Crippen molar-refractivity contribution in [3.8, 4) is 11.5 Å². The Morgan fingerprint density at radius 3 is 2.35 bits per heavy atom. The van der Waals surface area contributed by atoms with Crippen LogP contribution in [0.3, 0.4) is 0 Å². The summed E-state index contributed by atoms with van der Waals surface area (Å²) in [6, 6.07) is 10.6. The smallest absolute Gasteiger partial charge is 0.251 e. The van der Waals surface area contributed by atoms with Gasteiger partial charge in [0.25, 0.3) is 5.91 Å². The molecule has 26 heavy (non-hydrogen) atoms. The van der Waals surface area contributed by atoms with E-state index in [0.717, 1.165) is 5.56 Å². The SMILES string of the molecule is CNC(=O)c1ccc(S(=O)(=O)NC(C)c2ccc3c(c2)OCCO3)cc1. The third-order valence-corrected chi connectivity index (χ3v) is 5.61. The summed E-state index contributed by atoms with van der Waals surface area (Å²) in [6.07, 6.45) is 0. The standard InChI is InChI=1S/C18H20N2O5S/c1-12(14-5-8-16-17(11-14)25-10-9-24-16)20-26(22,23)15-6-3-13(4-7-15)18(21)19-2/h3-8,11-12,20H,9-10H2,1-2H3,(H,19,21). The van der Waals surface area contributed by atoms with Crippen molar-refractivity contribution in [2.45, 2.75) is 17.9 Å². The Kier molecular flexibility index (Phi) is 5.15. The van der Waals surface area contributed by atoms with E-state index in [0.29, 0.717) is 30.3 Å². The molecule has 0 aliphatic carbocycles. The first kappa shape index (κ1) is 18.2. The van der Waals surface area contributed by atoms with Gasteiger partial charge in [0.05, 0.1) is 4.90 Å². The van der Waals surface area contributed by atoms with E-state index < -0.39 is 16.1 Å². The zero-order chi connectivity index (χ0) is 18.7. The van der Waals surface area contributed by atoms with Gasteiger partial charge in [-0.25, -0.2) is 13.1 Å². The first-order chi connectivity index (χ1) is 12.4. The van der Waals surface area contributed by atoms with Crippen LogP contribution in [0.15, 0.2) is 47.4 Å². The maximum atomic E-state index is 12.6. The average Bonchev–Trinajstić information content (AvgIpc) is 2.66. The molecule has 2 N–H and O–H groups in total. The van der Waals surface area contributed by atoms with Crippen LogP contribution in [0.2, 0.25) is 0 Å². The summed E-state index contributed by atoms with van der Waals surface area (Å²) in [4.78, 5) is 11.6. The third-order valence-electron chi connectivity index (χ3n) is 4.05. The van der Waals surface area contributed by atoms with E-state index in [1.165, 1.54) is 31.3 Å².